The number of hydrogen-bond acceptors (Lipinski definition) is 3. The lowest BCUT2D eigenvalue weighted by atomic mass is 9.98. The fourth-order valence-electron chi connectivity index (χ4n) is 2.97. The van der Waals surface area contributed by atoms with Gasteiger partial charge in [0.1, 0.15) is 5.75 Å². The monoisotopic (exact) mass is 334 g/mol. The molecule has 1 aliphatic rings. The van der Waals surface area contributed by atoms with Gasteiger partial charge in [-0.15, -0.1) is 0 Å². The van der Waals surface area contributed by atoms with Crippen LogP contribution in [0.5, 0.6) is 5.75 Å². The van der Waals surface area contributed by atoms with Gasteiger partial charge in [-0.25, -0.2) is 4.79 Å². The number of carboxylic acids is 1. The fraction of sp³-hybridized carbons (Fsp3) is 0.556. The van der Waals surface area contributed by atoms with Gasteiger partial charge in [0.2, 0.25) is 0 Å². The number of methoxy groups -OCH3 is 1. The Labute approximate surface area is 142 Å². The first kappa shape index (κ1) is 18.1. The molecular weight excluding hydrogens is 308 g/mol. The molecule has 0 aromatic heterocycles. The predicted octanol–water partition coefficient (Wildman–Crippen LogP) is 2.38. The van der Waals surface area contributed by atoms with E-state index >= 15 is 0 Å². The molecule has 1 saturated heterocycles. The molecule has 132 valence electrons. The molecule has 1 fully saturated rings. The minimum Gasteiger partial charge on any atom is -0.497 e. The van der Waals surface area contributed by atoms with Gasteiger partial charge in [-0.1, -0.05) is 19.1 Å². The summed E-state index contributed by atoms with van der Waals surface area (Å²) in [6.45, 7) is 3.58. The van der Waals surface area contributed by atoms with Crippen LogP contribution in [-0.4, -0.2) is 48.8 Å². The highest BCUT2D eigenvalue weighted by Gasteiger charge is 2.28. The number of ether oxygens (including phenoxy) is 1. The number of urea groups is 1. The van der Waals surface area contributed by atoms with Gasteiger partial charge in [-0.05, 0) is 42.9 Å². The van der Waals surface area contributed by atoms with Crippen LogP contribution in [0.3, 0.4) is 0 Å². The van der Waals surface area contributed by atoms with Crippen molar-refractivity contribution in [3.63, 3.8) is 0 Å². The Morgan fingerprint density at radius 3 is 2.71 bits per heavy atom. The van der Waals surface area contributed by atoms with Gasteiger partial charge in [0.15, 0.2) is 0 Å². The summed E-state index contributed by atoms with van der Waals surface area (Å²) < 4.78 is 5.14. The molecular formula is C18H26N2O4. The second-order valence-corrected chi connectivity index (χ2v) is 6.47. The van der Waals surface area contributed by atoms with E-state index < -0.39 is 11.9 Å². The van der Waals surface area contributed by atoms with Crippen molar-refractivity contribution < 1.29 is 19.4 Å². The van der Waals surface area contributed by atoms with Gasteiger partial charge < -0.3 is 20.1 Å². The lowest BCUT2D eigenvalue weighted by molar-refractivity contribution is -0.143. The Morgan fingerprint density at radius 2 is 2.08 bits per heavy atom. The normalized spacial score (nSPS) is 18.8. The molecule has 6 heteroatoms. The number of rotatable bonds is 6. The highest BCUT2D eigenvalue weighted by Crippen LogP contribution is 2.17. The van der Waals surface area contributed by atoms with Crippen LogP contribution >= 0.6 is 0 Å². The van der Waals surface area contributed by atoms with Crippen molar-refractivity contribution in [2.75, 3.05) is 26.7 Å². The Balaban J connectivity index is 1.76. The molecule has 0 radical (unpaired) electrons. The van der Waals surface area contributed by atoms with E-state index in [1.165, 1.54) is 5.56 Å². The van der Waals surface area contributed by atoms with E-state index in [4.69, 9.17) is 9.84 Å². The molecule has 6 nitrogen and oxygen atoms in total. The number of benzene rings is 1. The highest BCUT2D eigenvalue weighted by molar-refractivity contribution is 5.76. The second kappa shape index (κ2) is 8.57. The molecule has 2 amide bonds. The maximum Gasteiger partial charge on any atom is 0.317 e. The third-order valence-corrected chi connectivity index (χ3v) is 4.40. The van der Waals surface area contributed by atoms with Crippen LogP contribution in [0.25, 0.3) is 0 Å². The van der Waals surface area contributed by atoms with Crippen molar-refractivity contribution >= 4 is 12.0 Å². The number of likely N-dealkylation sites (tertiary alicyclic amines) is 1. The Hall–Kier alpha value is -2.24. The van der Waals surface area contributed by atoms with Crippen LogP contribution in [-0.2, 0) is 11.2 Å². The van der Waals surface area contributed by atoms with E-state index in [0.29, 0.717) is 32.0 Å². The van der Waals surface area contributed by atoms with E-state index in [9.17, 15) is 9.59 Å². The van der Waals surface area contributed by atoms with Gasteiger partial charge in [-0.3, -0.25) is 4.79 Å². The molecule has 2 rings (SSSR count). The molecule has 0 bridgehead atoms. The summed E-state index contributed by atoms with van der Waals surface area (Å²) in [7, 11) is 1.64. The number of piperidine rings is 1. The van der Waals surface area contributed by atoms with Crippen molar-refractivity contribution in [3.05, 3.63) is 29.8 Å². The molecule has 2 unspecified atom stereocenters. The Bertz CT molecular complexity index is 559. The van der Waals surface area contributed by atoms with Crippen molar-refractivity contribution in [3.8, 4) is 5.75 Å². The molecule has 0 aliphatic carbocycles. The van der Waals surface area contributed by atoms with Gasteiger partial charge in [-0.2, -0.15) is 0 Å². The van der Waals surface area contributed by atoms with Crippen molar-refractivity contribution in [2.45, 2.75) is 26.2 Å². The first-order valence-electron chi connectivity index (χ1n) is 8.38. The van der Waals surface area contributed by atoms with Crippen LogP contribution in [0, 0.1) is 11.8 Å². The Morgan fingerprint density at radius 1 is 1.38 bits per heavy atom. The minimum atomic E-state index is -0.819. The summed E-state index contributed by atoms with van der Waals surface area (Å²) in [6.07, 6.45) is 2.25. The zero-order valence-corrected chi connectivity index (χ0v) is 14.3. The molecule has 2 atom stereocenters. The van der Waals surface area contributed by atoms with Gasteiger partial charge >= 0.3 is 12.0 Å². The predicted molar refractivity (Wildman–Crippen MR) is 91.2 cm³/mol. The first-order chi connectivity index (χ1) is 11.5. The number of nitrogens with zero attached hydrogens (tertiary/aromatic N) is 1. The van der Waals surface area contributed by atoms with Crippen LogP contribution in [0.1, 0.15) is 25.3 Å². The van der Waals surface area contributed by atoms with Gasteiger partial charge in [0.05, 0.1) is 13.0 Å². The lowest BCUT2D eigenvalue weighted by Gasteiger charge is -2.31. The summed E-state index contributed by atoms with van der Waals surface area (Å²) in [5, 5.41) is 12.0. The number of carbonyl (C=O) groups is 2. The fourth-order valence-corrected chi connectivity index (χ4v) is 2.97. The highest BCUT2D eigenvalue weighted by atomic mass is 16.5. The van der Waals surface area contributed by atoms with Crippen LogP contribution < -0.4 is 10.1 Å². The smallest absolute Gasteiger partial charge is 0.317 e. The zero-order chi connectivity index (χ0) is 17.5. The summed E-state index contributed by atoms with van der Waals surface area (Å²) in [4.78, 5) is 24.9. The third kappa shape index (κ3) is 5.15. The molecule has 1 aliphatic heterocycles. The van der Waals surface area contributed by atoms with E-state index in [1.54, 1.807) is 12.0 Å². The van der Waals surface area contributed by atoms with Crippen LogP contribution in [0.15, 0.2) is 24.3 Å². The summed E-state index contributed by atoms with van der Waals surface area (Å²) in [6, 6.07) is 7.75. The van der Waals surface area contributed by atoms with Crippen LogP contribution in [0.4, 0.5) is 4.79 Å². The molecule has 1 aromatic rings. The summed E-state index contributed by atoms with van der Waals surface area (Å²) in [5.41, 5.74) is 1.20. The third-order valence-electron chi connectivity index (χ3n) is 4.40. The van der Waals surface area contributed by atoms with Crippen molar-refractivity contribution in [1.29, 1.82) is 0 Å². The molecule has 0 spiro atoms. The van der Waals surface area contributed by atoms with E-state index in [-0.39, 0.29) is 6.03 Å². The maximum atomic E-state index is 12.2. The number of nitrogens with one attached hydrogen (secondary N) is 1. The van der Waals surface area contributed by atoms with E-state index in [0.717, 1.165) is 18.6 Å². The average molecular weight is 334 g/mol. The standard InChI is InChI=1S/C18H26N2O4/c1-13(10-14-5-7-16(24-2)8-6-14)11-19-18(23)20-9-3-4-15(12-20)17(21)22/h5-8,13,15H,3-4,9-12H2,1-2H3,(H,19,23)(H,21,22). The SMILES string of the molecule is COc1ccc(CC(C)CNC(=O)N2CCCC(C(=O)O)C2)cc1. The number of amides is 2. The maximum absolute atomic E-state index is 12.2. The molecule has 0 saturated carbocycles. The van der Waals surface area contributed by atoms with Crippen LogP contribution in [0.2, 0.25) is 0 Å². The van der Waals surface area contributed by atoms with E-state index in [1.807, 2.05) is 24.3 Å². The van der Waals surface area contributed by atoms with Crippen molar-refractivity contribution in [2.24, 2.45) is 11.8 Å². The number of hydrogen-bond donors (Lipinski definition) is 2. The zero-order valence-electron chi connectivity index (χ0n) is 14.3. The topological polar surface area (TPSA) is 78.9 Å². The summed E-state index contributed by atoms with van der Waals surface area (Å²) >= 11 is 0. The van der Waals surface area contributed by atoms with Crippen molar-refractivity contribution in [1.82, 2.24) is 10.2 Å². The molecule has 24 heavy (non-hydrogen) atoms. The lowest BCUT2D eigenvalue weighted by Crippen LogP contribution is -2.47. The summed E-state index contributed by atoms with van der Waals surface area (Å²) in [5.74, 6) is -0.137. The molecule has 2 N–H and O–H groups in total. The Kier molecular flexibility index (Phi) is 6.46. The van der Waals surface area contributed by atoms with E-state index in [2.05, 4.69) is 12.2 Å². The molecule has 1 heterocycles. The first-order valence-corrected chi connectivity index (χ1v) is 8.38. The minimum absolute atomic E-state index is 0.164. The van der Waals surface area contributed by atoms with Gasteiger partial charge in [0.25, 0.3) is 0 Å². The number of carbonyl (C=O) groups excluding carboxylic acids is 1. The number of carboxylic acid groups (broad SMARTS) is 1. The average Bonchev–Trinajstić information content (AvgIpc) is 2.60. The molecule has 1 aromatic carbocycles. The number of aliphatic carboxylic acids is 1. The largest absolute Gasteiger partial charge is 0.497 e. The van der Waals surface area contributed by atoms with Gasteiger partial charge in [0, 0.05) is 19.6 Å². The second-order valence-electron chi connectivity index (χ2n) is 6.47. The quantitative estimate of drug-likeness (QED) is 0.837.